The number of nitrogen functional groups attached to an aromatic ring is 1. The average molecular weight is 265 g/mol. The van der Waals surface area contributed by atoms with E-state index in [1.165, 1.54) is 18.2 Å². The van der Waals surface area contributed by atoms with E-state index in [1.807, 2.05) is 0 Å². The minimum atomic E-state index is -4.86. The summed E-state index contributed by atoms with van der Waals surface area (Å²) in [5.74, 6) is -5.90. The van der Waals surface area contributed by atoms with E-state index in [0.717, 1.165) is 6.92 Å². The van der Waals surface area contributed by atoms with Crippen LogP contribution in [0.15, 0.2) is 18.2 Å². The van der Waals surface area contributed by atoms with Crippen LogP contribution in [0.2, 0.25) is 0 Å². The summed E-state index contributed by atoms with van der Waals surface area (Å²) >= 11 is 0. The maximum atomic E-state index is 14.2. The van der Waals surface area contributed by atoms with Crippen LogP contribution < -0.4 is 10.5 Å². The molecule has 0 aliphatic carbocycles. The number of alkyl halides is 4. The third-order valence-electron chi connectivity index (χ3n) is 2.69. The summed E-state index contributed by atoms with van der Waals surface area (Å²) in [6.45, 7) is 1.52. The second-order valence-electron chi connectivity index (χ2n) is 4.32. The van der Waals surface area contributed by atoms with Gasteiger partial charge in [0.2, 0.25) is 5.85 Å². The molecule has 7 heteroatoms. The highest BCUT2D eigenvalue weighted by molar-refractivity contribution is 5.50. The predicted molar refractivity (Wildman–Crippen MR) is 55.5 cm³/mol. The molecule has 0 amide bonds. The van der Waals surface area contributed by atoms with Crippen molar-refractivity contribution in [3.63, 3.8) is 0 Å². The van der Waals surface area contributed by atoms with E-state index in [0.29, 0.717) is 6.92 Å². The van der Waals surface area contributed by atoms with Gasteiger partial charge in [0.05, 0.1) is 5.56 Å². The standard InChI is InChI=1S/C11H11F4NO2/c1-9(12)7-5-6(16)3-4-8(7)17-10(2,18-9)11(13,14)15/h3-5H,16H2,1-2H3. The molecule has 0 saturated carbocycles. The van der Waals surface area contributed by atoms with Gasteiger partial charge in [0.15, 0.2) is 0 Å². The van der Waals surface area contributed by atoms with Crippen molar-refractivity contribution < 1.29 is 27.0 Å². The molecule has 0 spiro atoms. The Labute approximate surface area is 100 Å². The van der Waals surface area contributed by atoms with Crippen LogP contribution in [-0.4, -0.2) is 12.0 Å². The summed E-state index contributed by atoms with van der Waals surface area (Å²) in [4.78, 5) is 0. The molecule has 2 rings (SSSR count). The van der Waals surface area contributed by atoms with E-state index in [2.05, 4.69) is 4.74 Å². The number of anilines is 1. The highest BCUT2D eigenvalue weighted by Crippen LogP contribution is 2.49. The summed E-state index contributed by atoms with van der Waals surface area (Å²) in [7, 11) is 0. The molecule has 0 bridgehead atoms. The molecule has 3 nitrogen and oxygen atoms in total. The number of fused-ring (bicyclic) bond motifs is 1. The lowest BCUT2D eigenvalue weighted by molar-refractivity contribution is -0.403. The normalized spacial score (nSPS) is 31.7. The van der Waals surface area contributed by atoms with Gasteiger partial charge in [0.25, 0.3) is 0 Å². The zero-order valence-corrected chi connectivity index (χ0v) is 9.64. The van der Waals surface area contributed by atoms with E-state index in [9.17, 15) is 17.6 Å². The van der Waals surface area contributed by atoms with Gasteiger partial charge in [-0.1, -0.05) is 0 Å². The molecule has 2 unspecified atom stereocenters. The molecule has 1 aromatic rings. The fraction of sp³-hybridized carbons (Fsp3) is 0.455. The van der Waals surface area contributed by atoms with E-state index >= 15 is 0 Å². The van der Waals surface area contributed by atoms with Gasteiger partial charge in [0, 0.05) is 12.6 Å². The molecule has 0 radical (unpaired) electrons. The van der Waals surface area contributed by atoms with Crippen molar-refractivity contribution in [2.45, 2.75) is 31.7 Å². The Morgan fingerprint density at radius 1 is 1.22 bits per heavy atom. The quantitative estimate of drug-likeness (QED) is 0.579. The van der Waals surface area contributed by atoms with Crippen molar-refractivity contribution in [1.29, 1.82) is 0 Å². The lowest BCUT2D eigenvalue weighted by atomic mass is 10.0. The lowest BCUT2D eigenvalue weighted by Crippen LogP contribution is -2.55. The average Bonchev–Trinajstić information content (AvgIpc) is 2.17. The maximum absolute atomic E-state index is 14.2. The second-order valence-corrected chi connectivity index (χ2v) is 4.32. The number of benzene rings is 1. The number of hydrogen-bond donors (Lipinski definition) is 1. The minimum Gasteiger partial charge on any atom is -0.453 e. The maximum Gasteiger partial charge on any atom is 0.455 e. The Bertz CT molecular complexity index is 486. The topological polar surface area (TPSA) is 44.5 Å². The molecular formula is C11H11F4NO2. The van der Waals surface area contributed by atoms with Gasteiger partial charge in [-0.3, -0.25) is 4.74 Å². The smallest absolute Gasteiger partial charge is 0.453 e. The van der Waals surface area contributed by atoms with Gasteiger partial charge in [-0.2, -0.15) is 13.2 Å². The van der Waals surface area contributed by atoms with Crippen LogP contribution in [0.4, 0.5) is 23.2 Å². The zero-order chi connectivity index (χ0) is 13.8. The van der Waals surface area contributed by atoms with E-state index in [4.69, 9.17) is 10.5 Å². The third-order valence-corrected chi connectivity index (χ3v) is 2.69. The SMILES string of the molecule is CC1(F)OC(C)(C(F)(F)F)Oc2ccc(N)cc21. The summed E-state index contributed by atoms with van der Waals surface area (Å²) in [5.41, 5.74) is 5.50. The van der Waals surface area contributed by atoms with Crippen LogP contribution in [0.25, 0.3) is 0 Å². The fourth-order valence-corrected chi connectivity index (χ4v) is 1.75. The van der Waals surface area contributed by atoms with Crippen LogP contribution in [0.3, 0.4) is 0 Å². The summed E-state index contributed by atoms with van der Waals surface area (Å²) < 4.78 is 61.8. The van der Waals surface area contributed by atoms with Crippen molar-refractivity contribution >= 4 is 5.69 Å². The van der Waals surface area contributed by atoms with Crippen molar-refractivity contribution in [3.05, 3.63) is 23.8 Å². The van der Waals surface area contributed by atoms with Crippen LogP contribution in [0, 0.1) is 0 Å². The van der Waals surface area contributed by atoms with Gasteiger partial charge >= 0.3 is 12.0 Å². The molecule has 18 heavy (non-hydrogen) atoms. The molecule has 0 aromatic heterocycles. The van der Waals surface area contributed by atoms with Gasteiger partial charge in [-0.15, -0.1) is 0 Å². The molecule has 100 valence electrons. The minimum absolute atomic E-state index is 0.163. The number of rotatable bonds is 0. The number of nitrogens with two attached hydrogens (primary N) is 1. The van der Waals surface area contributed by atoms with Gasteiger partial charge in [-0.25, -0.2) is 4.39 Å². The lowest BCUT2D eigenvalue weighted by Gasteiger charge is -2.42. The first-order valence-corrected chi connectivity index (χ1v) is 5.10. The number of hydrogen-bond acceptors (Lipinski definition) is 3. The molecule has 1 heterocycles. The van der Waals surface area contributed by atoms with Gasteiger partial charge in [0.1, 0.15) is 5.75 Å². The van der Waals surface area contributed by atoms with E-state index in [-0.39, 0.29) is 17.0 Å². The first-order valence-electron chi connectivity index (χ1n) is 5.10. The van der Waals surface area contributed by atoms with Crippen LogP contribution in [0.5, 0.6) is 5.75 Å². The summed E-state index contributed by atoms with van der Waals surface area (Å²) in [6.07, 6.45) is -4.86. The zero-order valence-electron chi connectivity index (χ0n) is 9.64. The molecular weight excluding hydrogens is 254 g/mol. The Hall–Kier alpha value is -1.50. The molecule has 2 atom stereocenters. The number of halogens is 4. The van der Waals surface area contributed by atoms with Crippen molar-refractivity contribution in [1.82, 2.24) is 0 Å². The molecule has 0 saturated heterocycles. The van der Waals surface area contributed by atoms with Gasteiger partial charge < -0.3 is 10.5 Å². The third kappa shape index (κ3) is 1.88. The molecule has 1 aliphatic heterocycles. The first-order chi connectivity index (χ1) is 8.05. The van der Waals surface area contributed by atoms with Crippen LogP contribution in [-0.2, 0) is 10.6 Å². The van der Waals surface area contributed by atoms with E-state index < -0.39 is 17.8 Å². The Balaban J connectivity index is 2.54. The molecule has 1 aromatic carbocycles. The Morgan fingerprint density at radius 3 is 2.39 bits per heavy atom. The van der Waals surface area contributed by atoms with Crippen LogP contribution in [0.1, 0.15) is 19.4 Å². The highest BCUT2D eigenvalue weighted by Gasteiger charge is 2.61. The summed E-state index contributed by atoms with van der Waals surface area (Å²) in [6, 6.07) is 3.71. The van der Waals surface area contributed by atoms with Gasteiger partial charge in [-0.05, 0) is 25.1 Å². The number of ether oxygens (including phenoxy) is 2. The first kappa shape index (κ1) is 12.9. The molecule has 2 N–H and O–H groups in total. The van der Waals surface area contributed by atoms with Crippen molar-refractivity contribution in [3.8, 4) is 5.75 Å². The fourth-order valence-electron chi connectivity index (χ4n) is 1.75. The monoisotopic (exact) mass is 265 g/mol. The Morgan fingerprint density at radius 2 is 1.83 bits per heavy atom. The van der Waals surface area contributed by atoms with Crippen molar-refractivity contribution in [2.75, 3.05) is 5.73 Å². The molecule has 1 aliphatic rings. The Kier molecular flexibility index (Phi) is 2.52. The van der Waals surface area contributed by atoms with Crippen LogP contribution >= 0.6 is 0 Å². The summed E-state index contributed by atoms with van der Waals surface area (Å²) in [5, 5.41) is 0. The second kappa shape index (κ2) is 3.50. The van der Waals surface area contributed by atoms with E-state index in [1.54, 1.807) is 0 Å². The predicted octanol–water partition coefficient (Wildman–Crippen LogP) is 3.10. The largest absolute Gasteiger partial charge is 0.455 e. The van der Waals surface area contributed by atoms with Crippen molar-refractivity contribution in [2.24, 2.45) is 0 Å². The highest BCUT2D eigenvalue weighted by atomic mass is 19.4. The molecule has 0 fully saturated rings.